The van der Waals surface area contributed by atoms with Gasteiger partial charge in [0.2, 0.25) is 11.8 Å². The van der Waals surface area contributed by atoms with E-state index < -0.39 is 5.91 Å². The smallest absolute Gasteiger partial charge is 0.248 e. The van der Waals surface area contributed by atoms with E-state index >= 15 is 0 Å². The molecule has 1 aliphatic rings. The Morgan fingerprint density at radius 2 is 1.83 bits per heavy atom. The summed E-state index contributed by atoms with van der Waals surface area (Å²) in [6.45, 7) is 0. The molecule has 1 aromatic carbocycles. The van der Waals surface area contributed by atoms with Crippen molar-refractivity contribution < 1.29 is 9.59 Å². The monoisotopic (exact) mass is 247 g/mol. The Morgan fingerprint density at radius 3 is 2.33 bits per heavy atom. The molecule has 0 heterocycles. The molecule has 1 saturated carbocycles. The molecule has 0 radical (unpaired) electrons. The van der Waals surface area contributed by atoms with Crippen LogP contribution < -0.4 is 16.8 Å². The summed E-state index contributed by atoms with van der Waals surface area (Å²) >= 11 is 0. The number of anilines is 1. The molecule has 0 spiro atoms. The van der Waals surface area contributed by atoms with E-state index in [2.05, 4.69) is 5.32 Å². The Morgan fingerprint density at radius 1 is 1.17 bits per heavy atom. The second kappa shape index (κ2) is 5.18. The maximum atomic E-state index is 11.9. The summed E-state index contributed by atoms with van der Waals surface area (Å²) in [4.78, 5) is 22.8. The highest BCUT2D eigenvalue weighted by Gasteiger charge is 2.27. The lowest BCUT2D eigenvalue weighted by atomic mass is 10.1. The summed E-state index contributed by atoms with van der Waals surface area (Å²) in [5.41, 5.74) is 12.0. The molecule has 2 amide bonds. The number of rotatable bonds is 3. The molecule has 2 rings (SSSR count). The molecule has 1 aromatic rings. The van der Waals surface area contributed by atoms with Gasteiger partial charge in [-0.15, -0.1) is 0 Å². The highest BCUT2D eigenvalue weighted by atomic mass is 16.2. The van der Waals surface area contributed by atoms with Crippen LogP contribution >= 0.6 is 0 Å². The van der Waals surface area contributed by atoms with E-state index in [-0.39, 0.29) is 17.9 Å². The van der Waals surface area contributed by atoms with Crippen molar-refractivity contribution in [3.63, 3.8) is 0 Å². The minimum absolute atomic E-state index is 0.00387. The first-order chi connectivity index (χ1) is 8.56. The second-order valence-electron chi connectivity index (χ2n) is 4.70. The summed E-state index contributed by atoms with van der Waals surface area (Å²) in [6.07, 6.45) is 2.48. The van der Waals surface area contributed by atoms with Crippen molar-refractivity contribution >= 4 is 17.5 Å². The Balaban J connectivity index is 1.97. The van der Waals surface area contributed by atoms with Crippen molar-refractivity contribution in [1.82, 2.24) is 0 Å². The molecule has 5 nitrogen and oxygen atoms in total. The number of hydrogen-bond donors (Lipinski definition) is 3. The summed E-state index contributed by atoms with van der Waals surface area (Å²) in [5, 5.41) is 2.82. The quantitative estimate of drug-likeness (QED) is 0.738. The van der Waals surface area contributed by atoms with Gasteiger partial charge in [-0.05, 0) is 43.5 Å². The first-order valence-corrected chi connectivity index (χ1v) is 6.02. The van der Waals surface area contributed by atoms with Gasteiger partial charge < -0.3 is 16.8 Å². The number of carbonyl (C=O) groups is 2. The van der Waals surface area contributed by atoms with Crippen molar-refractivity contribution in [3.05, 3.63) is 29.8 Å². The summed E-state index contributed by atoms with van der Waals surface area (Å²) in [7, 11) is 0. The predicted octanol–water partition coefficient (Wildman–Crippen LogP) is 0.851. The maximum absolute atomic E-state index is 11.9. The van der Waals surface area contributed by atoms with Crippen LogP contribution in [0.15, 0.2) is 24.3 Å². The van der Waals surface area contributed by atoms with Crippen molar-refractivity contribution in [2.24, 2.45) is 17.4 Å². The molecule has 0 saturated heterocycles. The van der Waals surface area contributed by atoms with E-state index in [0.29, 0.717) is 11.3 Å². The lowest BCUT2D eigenvalue weighted by Gasteiger charge is -2.10. The highest BCUT2D eigenvalue weighted by Crippen LogP contribution is 2.25. The van der Waals surface area contributed by atoms with Crippen LogP contribution in [0.2, 0.25) is 0 Å². The van der Waals surface area contributed by atoms with E-state index in [9.17, 15) is 9.59 Å². The summed E-state index contributed by atoms with van der Waals surface area (Å²) < 4.78 is 0. The average molecular weight is 247 g/mol. The van der Waals surface area contributed by atoms with E-state index in [1.165, 1.54) is 0 Å². The Labute approximate surface area is 106 Å². The molecule has 0 bridgehead atoms. The molecule has 5 heteroatoms. The topological polar surface area (TPSA) is 98.2 Å². The van der Waals surface area contributed by atoms with Crippen LogP contribution in [0.3, 0.4) is 0 Å². The lowest BCUT2D eigenvalue weighted by Crippen LogP contribution is -2.23. The lowest BCUT2D eigenvalue weighted by molar-refractivity contribution is -0.119. The molecule has 18 heavy (non-hydrogen) atoms. The van der Waals surface area contributed by atoms with Gasteiger partial charge in [0, 0.05) is 23.2 Å². The number of carbonyl (C=O) groups excluding carboxylic acids is 2. The zero-order valence-electron chi connectivity index (χ0n) is 10.1. The largest absolute Gasteiger partial charge is 0.366 e. The number of nitrogens with two attached hydrogens (primary N) is 2. The van der Waals surface area contributed by atoms with Crippen molar-refractivity contribution in [3.8, 4) is 0 Å². The normalized spacial score (nSPS) is 22.7. The molecule has 1 aliphatic carbocycles. The standard InChI is InChI=1S/C13H17N3O2/c14-10-4-1-9(7-10)13(18)16-11-5-2-8(3-6-11)12(15)17/h2-3,5-6,9-10H,1,4,7,14H2,(H2,15,17)(H,16,18). The van der Waals surface area contributed by atoms with Gasteiger partial charge in [0.1, 0.15) is 0 Å². The fraction of sp³-hybridized carbons (Fsp3) is 0.385. The van der Waals surface area contributed by atoms with E-state index in [0.717, 1.165) is 19.3 Å². The molecule has 1 fully saturated rings. The van der Waals surface area contributed by atoms with Gasteiger partial charge in [-0.25, -0.2) is 0 Å². The third kappa shape index (κ3) is 2.87. The molecule has 0 aliphatic heterocycles. The first kappa shape index (κ1) is 12.6. The molecular weight excluding hydrogens is 230 g/mol. The minimum Gasteiger partial charge on any atom is -0.366 e. The Bertz CT molecular complexity index is 456. The van der Waals surface area contributed by atoms with Gasteiger partial charge in [0.05, 0.1) is 0 Å². The van der Waals surface area contributed by atoms with Crippen LogP contribution in [0, 0.1) is 5.92 Å². The zero-order chi connectivity index (χ0) is 13.1. The molecule has 2 atom stereocenters. The second-order valence-corrected chi connectivity index (χ2v) is 4.70. The van der Waals surface area contributed by atoms with Crippen LogP contribution in [-0.4, -0.2) is 17.9 Å². The fourth-order valence-corrected chi connectivity index (χ4v) is 2.22. The van der Waals surface area contributed by atoms with Crippen LogP contribution in [0.5, 0.6) is 0 Å². The van der Waals surface area contributed by atoms with Gasteiger partial charge in [-0.2, -0.15) is 0 Å². The van der Waals surface area contributed by atoms with E-state index in [4.69, 9.17) is 11.5 Å². The molecule has 0 aromatic heterocycles. The Hall–Kier alpha value is -1.88. The molecular formula is C13H17N3O2. The highest BCUT2D eigenvalue weighted by molar-refractivity contribution is 5.95. The van der Waals surface area contributed by atoms with Crippen LogP contribution in [-0.2, 0) is 4.79 Å². The van der Waals surface area contributed by atoms with Gasteiger partial charge in [-0.3, -0.25) is 9.59 Å². The number of benzene rings is 1. The summed E-state index contributed by atoms with van der Waals surface area (Å²) in [6, 6.07) is 6.68. The Kier molecular flexibility index (Phi) is 3.62. The van der Waals surface area contributed by atoms with E-state index in [1.54, 1.807) is 24.3 Å². The number of nitrogens with one attached hydrogen (secondary N) is 1. The third-order valence-electron chi connectivity index (χ3n) is 3.28. The zero-order valence-corrected chi connectivity index (χ0v) is 10.1. The van der Waals surface area contributed by atoms with Crippen LogP contribution in [0.25, 0.3) is 0 Å². The van der Waals surface area contributed by atoms with Crippen molar-refractivity contribution in [2.45, 2.75) is 25.3 Å². The predicted molar refractivity (Wildman–Crippen MR) is 68.9 cm³/mol. The average Bonchev–Trinajstić information content (AvgIpc) is 2.76. The SMILES string of the molecule is NC(=O)c1ccc(NC(=O)C2CCC(N)C2)cc1. The third-order valence-corrected chi connectivity index (χ3v) is 3.28. The first-order valence-electron chi connectivity index (χ1n) is 6.02. The molecule has 2 unspecified atom stereocenters. The van der Waals surface area contributed by atoms with Crippen molar-refractivity contribution in [2.75, 3.05) is 5.32 Å². The molecule has 5 N–H and O–H groups in total. The minimum atomic E-state index is -0.477. The number of primary amides is 1. The van der Waals surface area contributed by atoms with Gasteiger partial charge in [0.25, 0.3) is 0 Å². The van der Waals surface area contributed by atoms with Crippen LogP contribution in [0.1, 0.15) is 29.6 Å². The molecule has 96 valence electrons. The van der Waals surface area contributed by atoms with Crippen LogP contribution in [0.4, 0.5) is 5.69 Å². The van der Waals surface area contributed by atoms with Gasteiger partial charge in [-0.1, -0.05) is 0 Å². The fourth-order valence-electron chi connectivity index (χ4n) is 2.22. The van der Waals surface area contributed by atoms with E-state index in [1.807, 2.05) is 0 Å². The number of amides is 2. The summed E-state index contributed by atoms with van der Waals surface area (Å²) in [5.74, 6) is -0.486. The maximum Gasteiger partial charge on any atom is 0.248 e. The van der Waals surface area contributed by atoms with Gasteiger partial charge in [0.15, 0.2) is 0 Å². The van der Waals surface area contributed by atoms with Gasteiger partial charge >= 0.3 is 0 Å². The number of hydrogen-bond acceptors (Lipinski definition) is 3. The van der Waals surface area contributed by atoms with Crippen molar-refractivity contribution in [1.29, 1.82) is 0 Å².